The Morgan fingerprint density at radius 1 is 1.42 bits per heavy atom. The number of carbonyl (C=O) groups excluding carboxylic acids is 1. The van der Waals surface area contributed by atoms with Crippen LogP contribution in [-0.2, 0) is 0 Å². The Hall–Kier alpha value is -2.68. The lowest BCUT2D eigenvalue weighted by Crippen LogP contribution is -2.31. The Kier molecular flexibility index (Phi) is 4.82. The minimum Gasteiger partial charge on any atom is -0.494 e. The summed E-state index contributed by atoms with van der Waals surface area (Å²) < 4.78 is 37.6. The molecule has 1 aliphatic heterocycles. The molecule has 2 aromatic rings. The molecule has 1 saturated heterocycles. The molecule has 2 atom stereocenters. The first-order chi connectivity index (χ1) is 12.3. The number of rotatable bonds is 4. The van der Waals surface area contributed by atoms with Gasteiger partial charge in [-0.1, -0.05) is 5.16 Å². The molecule has 7 nitrogen and oxygen atoms in total. The molecule has 0 aliphatic carbocycles. The summed E-state index contributed by atoms with van der Waals surface area (Å²) in [6, 6.07) is 4.02. The van der Waals surface area contributed by atoms with E-state index in [4.69, 9.17) is 9.26 Å². The number of hydrogen-bond acceptors (Lipinski definition) is 6. The lowest BCUT2D eigenvalue weighted by Gasteiger charge is -2.17. The number of hydrogen-bond donors (Lipinski definition) is 1. The van der Waals surface area contributed by atoms with Gasteiger partial charge in [-0.05, 0) is 18.2 Å². The molecule has 140 valence electrons. The molecule has 0 unspecified atom stereocenters. The van der Waals surface area contributed by atoms with E-state index in [0.29, 0.717) is 5.56 Å². The molecule has 0 spiro atoms. The van der Waals surface area contributed by atoms with Gasteiger partial charge in [0.25, 0.3) is 5.91 Å². The third kappa shape index (κ3) is 3.10. The Morgan fingerprint density at radius 3 is 2.73 bits per heavy atom. The normalized spacial score (nSPS) is 19.7. The zero-order valence-electron chi connectivity index (χ0n) is 14.6. The summed E-state index contributed by atoms with van der Waals surface area (Å²) >= 11 is 0. The number of aliphatic hydroxyl groups excluding tert-OH is 1. The quantitative estimate of drug-likeness (QED) is 0.886. The maximum absolute atomic E-state index is 13.7. The van der Waals surface area contributed by atoms with E-state index in [9.17, 15) is 18.7 Å². The number of benzene rings is 1. The monoisotopic (exact) mass is 367 g/mol. The highest BCUT2D eigenvalue weighted by atomic mass is 19.1. The number of aromatic nitrogens is 1. The molecule has 1 N–H and O–H groups in total. The second-order valence-electron chi connectivity index (χ2n) is 6.25. The first-order valence-electron chi connectivity index (χ1n) is 7.95. The summed E-state index contributed by atoms with van der Waals surface area (Å²) in [5.74, 6) is -0.713. The van der Waals surface area contributed by atoms with Crippen LogP contribution < -0.4 is 9.64 Å². The van der Waals surface area contributed by atoms with Crippen molar-refractivity contribution in [1.29, 1.82) is 0 Å². The van der Waals surface area contributed by atoms with Crippen molar-refractivity contribution in [3.8, 4) is 17.1 Å². The van der Waals surface area contributed by atoms with Crippen LogP contribution in [0.2, 0.25) is 0 Å². The minimum absolute atomic E-state index is 0.0101. The molecule has 2 heterocycles. The lowest BCUT2D eigenvalue weighted by molar-refractivity contribution is 0.0765. The molecule has 0 saturated carbocycles. The average Bonchev–Trinajstić information content (AvgIpc) is 3.19. The van der Waals surface area contributed by atoms with E-state index in [1.54, 1.807) is 19.0 Å². The van der Waals surface area contributed by atoms with Gasteiger partial charge in [-0.3, -0.25) is 4.79 Å². The molecule has 0 radical (unpaired) electrons. The van der Waals surface area contributed by atoms with Crippen LogP contribution in [0.4, 0.5) is 14.6 Å². The number of likely N-dealkylation sites (tertiary alicyclic amines) is 1. The van der Waals surface area contributed by atoms with E-state index < -0.39 is 24.0 Å². The van der Waals surface area contributed by atoms with Crippen molar-refractivity contribution in [2.45, 2.75) is 12.3 Å². The Morgan fingerprint density at radius 2 is 2.15 bits per heavy atom. The molecule has 3 rings (SSSR count). The van der Waals surface area contributed by atoms with Crippen molar-refractivity contribution < 1.29 is 27.9 Å². The first kappa shape index (κ1) is 18.1. The van der Waals surface area contributed by atoms with Gasteiger partial charge in [-0.2, -0.15) is 0 Å². The molecule has 0 bridgehead atoms. The maximum atomic E-state index is 13.7. The number of anilines is 1. The highest BCUT2D eigenvalue weighted by Gasteiger charge is 2.38. The smallest absolute Gasteiger partial charge is 0.261 e. The van der Waals surface area contributed by atoms with Crippen molar-refractivity contribution >= 4 is 11.7 Å². The average molecular weight is 367 g/mol. The van der Waals surface area contributed by atoms with Gasteiger partial charge in [-0.15, -0.1) is 0 Å². The topological polar surface area (TPSA) is 79.0 Å². The van der Waals surface area contributed by atoms with Crippen molar-refractivity contribution in [3.63, 3.8) is 0 Å². The molecule has 26 heavy (non-hydrogen) atoms. The Bertz CT molecular complexity index is 814. The van der Waals surface area contributed by atoms with E-state index in [1.165, 1.54) is 30.2 Å². The summed E-state index contributed by atoms with van der Waals surface area (Å²) in [5.41, 5.74) is 0.508. The molecule has 1 aromatic heterocycles. The summed E-state index contributed by atoms with van der Waals surface area (Å²) in [4.78, 5) is 15.7. The number of nitrogens with zero attached hydrogens (tertiary/aromatic N) is 3. The minimum atomic E-state index is -1.50. The van der Waals surface area contributed by atoms with Gasteiger partial charge in [0.15, 0.2) is 23.1 Å². The van der Waals surface area contributed by atoms with Gasteiger partial charge in [0.05, 0.1) is 13.7 Å². The number of aliphatic hydroxyl groups is 1. The number of halogens is 2. The lowest BCUT2D eigenvalue weighted by atomic mass is 10.1. The largest absolute Gasteiger partial charge is 0.494 e. The number of alkyl halides is 1. The van der Waals surface area contributed by atoms with Crippen LogP contribution in [0.1, 0.15) is 10.4 Å². The summed E-state index contributed by atoms with van der Waals surface area (Å²) in [6.07, 6.45) is -2.73. The van der Waals surface area contributed by atoms with E-state index in [1.807, 2.05) is 0 Å². The standard InChI is InChI=1S/C17H19F2N3O4/c1-21(2)16-14(17(24)22-7-11(19)12(23)8-22)15(26-20-16)9-4-5-10(18)13(6-9)25-3/h4-6,11-12,23H,7-8H2,1-3H3/t11-,12-/m1/s1. The number of carbonyl (C=O) groups is 1. The van der Waals surface area contributed by atoms with Crippen LogP contribution in [0.5, 0.6) is 5.75 Å². The molecular weight excluding hydrogens is 348 g/mol. The maximum Gasteiger partial charge on any atom is 0.261 e. The van der Waals surface area contributed by atoms with E-state index in [2.05, 4.69) is 5.16 Å². The number of methoxy groups -OCH3 is 1. The van der Waals surface area contributed by atoms with Crippen molar-refractivity contribution in [1.82, 2.24) is 10.1 Å². The number of β-amino-alcohol motifs (C(OH)–C–C–N with tert-alkyl or cyclic N) is 1. The SMILES string of the molecule is COc1cc(-c2onc(N(C)C)c2C(=O)N2C[C@@H](O)[C@H](F)C2)ccc1F. The number of amides is 1. The van der Waals surface area contributed by atoms with Crippen molar-refractivity contribution in [2.24, 2.45) is 0 Å². The molecule has 9 heteroatoms. The van der Waals surface area contributed by atoms with Gasteiger partial charge < -0.3 is 24.2 Å². The van der Waals surface area contributed by atoms with Crippen molar-refractivity contribution in [2.75, 3.05) is 39.2 Å². The zero-order valence-corrected chi connectivity index (χ0v) is 14.6. The summed E-state index contributed by atoms with van der Waals surface area (Å²) in [5, 5.41) is 13.5. The summed E-state index contributed by atoms with van der Waals surface area (Å²) in [7, 11) is 4.69. The van der Waals surface area contributed by atoms with Crippen LogP contribution in [0, 0.1) is 5.82 Å². The second kappa shape index (κ2) is 6.91. The fourth-order valence-corrected chi connectivity index (χ4v) is 2.85. The van der Waals surface area contributed by atoms with E-state index in [0.717, 1.165) is 0 Å². The predicted octanol–water partition coefficient (Wildman–Crippen LogP) is 1.71. The zero-order chi connectivity index (χ0) is 19.0. The van der Waals surface area contributed by atoms with E-state index >= 15 is 0 Å². The fraction of sp³-hybridized carbons (Fsp3) is 0.412. The van der Waals surface area contributed by atoms with Crippen LogP contribution in [-0.4, -0.2) is 67.6 Å². The molecule has 1 fully saturated rings. The van der Waals surface area contributed by atoms with Crippen LogP contribution in [0.25, 0.3) is 11.3 Å². The van der Waals surface area contributed by atoms with Crippen LogP contribution >= 0.6 is 0 Å². The Labute approximate surface area is 148 Å². The van der Waals surface area contributed by atoms with Gasteiger partial charge >= 0.3 is 0 Å². The number of ether oxygens (including phenoxy) is 1. The highest BCUT2D eigenvalue weighted by Crippen LogP contribution is 2.35. The Balaban J connectivity index is 2.06. The summed E-state index contributed by atoms with van der Waals surface area (Å²) in [6.45, 7) is -0.339. The molecule has 1 aliphatic rings. The first-order valence-corrected chi connectivity index (χ1v) is 7.95. The molecule has 1 amide bonds. The molecule has 1 aromatic carbocycles. The van der Waals surface area contributed by atoms with Gasteiger partial charge in [0.2, 0.25) is 0 Å². The second-order valence-corrected chi connectivity index (χ2v) is 6.25. The van der Waals surface area contributed by atoms with E-state index in [-0.39, 0.29) is 36.0 Å². The van der Waals surface area contributed by atoms with Gasteiger partial charge in [0, 0.05) is 26.2 Å². The van der Waals surface area contributed by atoms with Crippen molar-refractivity contribution in [3.05, 3.63) is 29.6 Å². The third-order valence-corrected chi connectivity index (χ3v) is 4.23. The predicted molar refractivity (Wildman–Crippen MR) is 89.6 cm³/mol. The fourth-order valence-electron chi connectivity index (χ4n) is 2.85. The van der Waals surface area contributed by atoms with Crippen LogP contribution in [0.3, 0.4) is 0 Å². The van der Waals surface area contributed by atoms with Gasteiger partial charge in [0.1, 0.15) is 17.8 Å². The highest BCUT2D eigenvalue weighted by molar-refractivity contribution is 6.04. The van der Waals surface area contributed by atoms with Gasteiger partial charge in [-0.25, -0.2) is 8.78 Å². The van der Waals surface area contributed by atoms with Crippen LogP contribution in [0.15, 0.2) is 22.7 Å². The molecular formula is C17H19F2N3O4. The third-order valence-electron chi connectivity index (χ3n) is 4.23.